The van der Waals surface area contributed by atoms with E-state index in [0.717, 1.165) is 12.8 Å². The second-order valence-electron chi connectivity index (χ2n) is 7.34. The molecule has 1 fully saturated rings. The number of furan rings is 1. The van der Waals surface area contributed by atoms with Crippen LogP contribution in [0.4, 0.5) is 11.4 Å². The minimum absolute atomic E-state index is 0.0278. The standard InChI is InChI=1S/C22H22N4O6S/c27-21(25-24-15-8-10-19(11-9-15)33(29,30)26-16-6-7-16)14-32-18-4-1-3-17(13-18)23-22(28)20-5-2-12-31-20/h1-5,8-13,16,24,26H,6-7,14H2,(H,23,28)(H,25,27). The molecule has 0 atom stereocenters. The molecular formula is C22H22N4O6S. The molecule has 2 aromatic carbocycles. The van der Waals surface area contributed by atoms with Gasteiger partial charge in [-0.1, -0.05) is 6.07 Å². The summed E-state index contributed by atoms with van der Waals surface area (Å²) in [6.07, 6.45) is 3.12. The first-order valence-corrected chi connectivity index (χ1v) is 11.6. The molecule has 0 spiro atoms. The van der Waals surface area contributed by atoms with Crippen molar-refractivity contribution in [2.24, 2.45) is 0 Å². The predicted molar refractivity (Wildman–Crippen MR) is 120 cm³/mol. The lowest BCUT2D eigenvalue weighted by Crippen LogP contribution is -2.33. The number of hydrazine groups is 1. The van der Waals surface area contributed by atoms with Crippen LogP contribution in [-0.2, 0) is 14.8 Å². The number of ether oxygens (including phenoxy) is 1. The maximum Gasteiger partial charge on any atom is 0.291 e. The molecule has 33 heavy (non-hydrogen) atoms. The quantitative estimate of drug-likeness (QED) is 0.334. The van der Waals surface area contributed by atoms with E-state index in [9.17, 15) is 18.0 Å². The Kier molecular flexibility index (Phi) is 6.61. The molecule has 4 N–H and O–H groups in total. The fraction of sp³-hybridized carbons (Fsp3) is 0.182. The van der Waals surface area contributed by atoms with Crippen LogP contribution in [0.15, 0.2) is 76.2 Å². The van der Waals surface area contributed by atoms with E-state index in [0.29, 0.717) is 17.1 Å². The van der Waals surface area contributed by atoms with E-state index in [2.05, 4.69) is 20.9 Å². The van der Waals surface area contributed by atoms with Crippen LogP contribution >= 0.6 is 0 Å². The second kappa shape index (κ2) is 9.76. The zero-order valence-electron chi connectivity index (χ0n) is 17.4. The van der Waals surface area contributed by atoms with Crippen molar-refractivity contribution < 1.29 is 27.2 Å². The minimum Gasteiger partial charge on any atom is -0.484 e. The highest BCUT2D eigenvalue weighted by atomic mass is 32.2. The molecule has 11 heteroatoms. The summed E-state index contributed by atoms with van der Waals surface area (Å²) in [4.78, 5) is 24.3. The number of carbonyl (C=O) groups excluding carboxylic acids is 2. The van der Waals surface area contributed by atoms with Crippen molar-refractivity contribution in [3.8, 4) is 5.75 Å². The Hall–Kier alpha value is -3.83. The average Bonchev–Trinajstić information content (AvgIpc) is 3.43. The van der Waals surface area contributed by atoms with Gasteiger partial charge >= 0.3 is 0 Å². The van der Waals surface area contributed by atoms with Gasteiger partial charge in [-0.25, -0.2) is 13.1 Å². The minimum atomic E-state index is -3.52. The van der Waals surface area contributed by atoms with Gasteiger partial charge in [0.25, 0.3) is 11.8 Å². The number of amides is 2. The average molecular weight is 471 g/mol. The van der Waals surface area contributed by atoms with Crippen LogP contribution in [0.25, 0.3) is 0 Å². The van der Waals surface area contributed by atoms with E-state index < -0.39 is 21.8 Å². The second-order valence-corrected chi connectivity index (χ2v) is 9.06. The van der Waals surface area contributed by atoms with Crippen molar-refractivity contribution in [2.75, 3.05) is 17.3 Å². The highest BCUT2D eigenvalue weighted by Gasteiger charge is 2.27. The number of rotatable bonds is 10. The van der Waals surface area contributed by atoms with Crippen molar-refractivity contribution in [2.45, 2.75) is 23.8 Å². The normalized spacial score (nSPS) is 13.2. The lowest BCUT2D eigenvalue weighted by atomic mass is 10.3. The number of nitrogens with one attached hydrogen (secondary N) is 4. The fourth-order valence-electron chi connectivity index (χ4n) is 2.80. The highest BCUT2D eigenvalue weighted by molar-refractivity contribution is 7.89. The van der Waals surface area contributed by atoms with E-state index in [-0.39, 0.29) is 23.3 Å². The lowest BCUT2D eigenvalue weighted by Gasteiger charge is -2.11. The molecule has 10 nitrogen and oxygen atoms in total. The summed E-state index contributed by atoms with van der Waals surface area (Å²) in [6.45, 7) is -0.277. The largest absolute Gasteiger partial charge is 0.484 e. The number of sulfonamides is 1. The van der Waals surface area contributed by atoms with E-state index in [4.69, 9.17) is 9.15 Å². The van der Waals surface area contributed by atoms with Gasteiger partial charge in [-0.15, -0.1) is 0 Å². The summed E-state index contributed by atoms with van der Waals surface area (Å²) in [6, 6.07) is 15.8. The van der Waals surface area contributed by atoms with Crippen LogP contribution in [0.3, 0.4) is 0 Å². The number of carbonyl (C=O) groups is 2. The maximum absolute atomic E-state index is 12.2. The Morgan fingerprint density at radius 2 is 1.79 bits per heavy atom. The molecule has 3 aromatic rings. The monoisotopic (exact) mass is 470 g/mol. The van der Waals surface area contributed by atoms with E-state index in [1.807, 2.05) is 0 Å². The Labute approximate surface area is 190 Å². The zero-order chi connectivity index (χ0) is 23.3. The summed E-state index contributed by atoms with van der Waals surface area (Å²) in [5.41, 5.74) is 6.17. The maximum atomic E-state index is 12.2. The predicted octanol–water partition coefficient (Wildman–Crippen LogP) is 2.49. The van der Waals surface area contributed by atoms with E-state index >= 15 is 0 Å². The molecule has 0 radical (unpaired) electrons. The summed E-state index contributed by atoms with van der Waals surface area (Å²) < 4.78 is 37.5. The van der Waals surface area contributed by atoms with Gasteiger partial charge in [-0.2, -0.15) is 0 Å². The van der Waals surface area contributed by atoms with E-state index in [1.54, 1.807) is 48.5 Å². The first-order valence-electron chi connectivity index (χ1n) is 10.1. The molecule has 1 heterocycles. The van der Waals surface area contributed by atoms with Crippen molar-refractivity contribution in [1.29, 1.82) is 0 Å². The third-order valence-corrected chi connectivity index (χ3v) is 6.15. The van der Waals surface area contributed by atoms with Gasteiger partial charge in [-0.3, -0.25) is 20.4 Å². The molecule has 2 amide bonds. The van der Waals surface area contributed by atoms with Crippen LogP contribution in [0, 0.1) is 0 Å². The molecule has 0 unspecified atom stereocenters. The third-order valence-electron chi connectivity index (χ3n) is 4.62. The van der Waals surface area contributed by atoms with E-state index in [1.165, 1.54) is 18.4 Å². The van der Waals surface area contributed by atoms with Crippen molar-refractivity contribution >= 4 is 33.2 Å². The summed E-state index contributed by atoms with van der Waals surface area (Å²) in [5.74, 6) is -0.287. The first-order chi connectivity index (χ1) is 15.9. The molecule has 0 saturated heterocycles. The highest BCUT2D eigenvalue weighted by Crippen LogP contribution is 2.23. The van der Waals surface area contributed by atoms with Gasteiger partial charge in [0, 0.05) is 17.8 Å². The third kappa shape index (κ3) is 6.34. The smallest absolute Gasteiger partial charge is 0.291 e. The number of anilines is 2. The van der Waals surface area contributed by atoms with Crippen molar-refractivity contribution in [1.82, 2.24) is 10.1 Å². The summed E-state index contributed by atoms with van der Waals surface area (Å²) >= 11 is 0. The van der Waals surface area contributed by atoms with Crippen LogP contribution in [0.2, 0.25) is 0 Å². The molecule has 1 saturated carbocycles. The van der Waals surface area contributed by atoms with Gasteiger partial charge in [0.2, 0.25) is 10.0 Å². The Morgan fingerprint density at radius 1 is 1.00 bits per heavy atom. The number of hydrogen-bond donors (Lipinski definition) is 4. The topological polar surface area (TPSA) is 139 Å². The molecule has 172 valence electrons. The SMILES string of the molecule is O=C(COc1cccc(NC(=O)c2ccco2)c1)NNc1ccc(S(=O)(=O)NC2CC2)cc1. The molecule has 0 aliphatic heterocycles. The first kappa shape index (κ1) is 22.4. The fourth-order valence-corrected chi connectivity index (χ4v) is 4.10. The lowest BCUT2D eigenvalue weighted by molar-refractivity contribution is -0.122. The Balaban J connectivity index is 1.24. The van der Waals surface area contributed by atoms with Gasteiger partial charge < -0.3 is 14.5 Å². The molecule has 1 aliphatic carbocycles. The number of hydrogen-bond acceptors (Lipinski definition) is 7. The van der Waals surface area contributed by atoms with Gasteiger partial charge in [0.1, 0.15) is 5.75 Å². The molecule has 1 aromatic heterocycles. The summed E-state index contributed by atoms with van der Waals surface area (Å²) in [5, 5.41) is 2.67. The Bertz CT molecular complexity index is 1220. The number of benzene rings is 2. The van der Waals surface area contributed by atoms with Gasteiger partial charge in [-0.05, 0) is 61.4 Å². The Morgan fingerprint density at radius 3 is 2.48 bits per heavy atom. The molecule has 1 aliphatic rings. The molecule has 4 rings (SSSR count). The zero-order valence-corrected chi connectivity index (χ0v) is 18.2. The van der Waals surface area contributed by atoms with Crippen LogP contribution < -0.4 is 25.6 Å². The molecular weight excluding hydrogens is 448 g/mol. The van der Waals surface area contributed by atoms with Crippen LogP contribution in [-0.4, -0.2) is 32.9 Å². The van der Waals surface area contributed by atoms with Crippen LogP contribution in [0.1, 0.15) is 23.4 Å². The van der Waals surface area contributed by atoms with Crippen molar-refractivity contribution in [3.63, 3.8) is 0 Å². The van der Waals surface area contributed by atoms with Gasteiger partial charge in [0.05, 0.1) is 16.8 Å². The van der Waals surface area contributed by atoms with Crippen LogP contribution in [0.5, 0.6) is 5.75 Å². The van der Waals surface area contributed by atoms with Gasteiger partial charge in [0.15, 0.2) is 12.4 Å². The molecule has 0 bridgehead atoms. The summed E-state index contributed by atoms with van der Waals surface area (Å²) in [7, 11) is -3.52. The van der Waals surface area contributed by atoms with Crippen molar-refractivity contribution in [3.05, 3.63) is 72.7 Å².